The molecule has 10 heteroatoms. The summed E-state index contributed by atoms with van der Waals surface area (Å²) in [4.78, 5) is 16.2. The molecule has 0 spiro atoms. The van der Waals surface area contributed by atoms with E-state index in [1.807, 2.05) is 6.07 Å². The zero-order valence-corrected chi connectivity index (χ0v) is 17.4. The molecule has 0 aliphatic rings. The Morgan fingerprint density at radius 3 is 2.72 bits per heavy atom. The largest absolute Gasteiger partial charge is 0.355 e. The first-order chi connectivity index (χ1) is 15.5. The normalized spacial score (nSPS) is 11.2. The van der Waals surface area contributed by atoms with Crippen molar-refractivity contribution >= 4 is 34.2 Å². The van der Waals surface area contributed by atoms with Crippen molar-refractivity contribution in [3.63, 3.8) is 0 Å². The van der Waals surface area contributed by atoms with E-state index in [4.69, 9.17) is 0 Å². The van der Waals surface area contributed by atoms with Crippen molar-refractivity contribution in [3.05, 3.63) is 78.0 Å². The van der Waals surface area contributed by atoms with E-state index < -0.39 is 17.5 Å². The molecule has 5 aromatic rings. The van der Waals surface area contributed by atoms with E-state index in [2.05, 4.69) is 25.6 Å². The number of nitrogens with one attached hydrogen (secondary N) is 1. The lowest BCUT2D eigenvalue weighted by Crippen LogP contribution is -2.19. The minimum atomic E-state index is -0.658. The number of aromatic nitrogens is 5. The van der Waals surface area contributed by atoms with Crippen LogP contribution in [0.4, 0.5) is 8.78 Å². The second-order valence-corrected chi connectivity index (χ2v) is 7.83. The number of amides is 1. The number of rotatable bonds is 4. The van der Waals surface area contributed by atoms with Gasteiger partial charge in [-0.2, -0.15) is 9.61 Å². The van der Waals surface area contributed by atoms with Gasteiger partial charge in [-0.1, -0.05) is 12.1 Å². The fourth-order valence-corrected chi connectivity index (χ4v) is 4.07. The smallest absolute Gasteiger partial charge is 0.253 e. The zero-order chi connectivity index (χ0) is 22.2. The molecule has 0 fully saturated rings. The fourth-order valence-electron chi connectivity index (χ4n) is 3.23. The highest BCUT2D eigenvalue weighted by Crippen LogP contribution is 2.31. The lowest BCUT2D eigenvalue weighted by Gasteiger charge is -2.07. The van der Waals surface area contributed by atoms with Gasteiger partial charge >= 0.3 is 0 Å². The van der Waals surface area contributed by atoms with E-state index in [0.29, 0.717) is 32.5 Å². The second-order valence-electron chi connectivity index (χ2n) is 6.83. The predicted octanol–water partition coefficient (Wildman–Crippen LogP) is 4.13. The summed E-state index contributed by atoms with van der Waals surface area (Å²) < 4.78 is 30.5. The highest BCUT2D eigenvalue weighted by Gasteiger charge is 2.16. The number of pyridine rings is 1. The third kappa shape index (κ3) is 3.54. The van der Waals surface area contributed by atoms with Crippen LogP contribution in [0.15, 0.2) is 70.8 Å². The van der Waals surface area contributed by atoms with Gasteiger partial charge in [-0.05, 0) is 48.2 Å². The average Bonchev–Trinajstić information content (AvgIpc) is 3.21. The summed E-state index contributed by atoms with van der Waals surface area (Å²) in [6.45, 7) is 0. The third-order valence-corrected chi connectivity index (χ3v) is 5.80. The van der Waals surface area contributed by atoms with Crippen LogP contribution < -0.4 is 5.32 Å². The van der Waals surface area contributed by atoms with E-state index in [0.717, 1.165) is 17.1 Å². The van der Waals surface area contributed by atoms with E-state index in [-0.39, 0.29) is 5.56 Å². The Bertz CT molecular complexity index is 1500. The molecule has 3 heterocycles. The first-order valence-electron chi connectivity index (χ1n) is 9.50. The number of carbonyl (C=O) groups excluding carboxylic acids is 1. The minimum Gasteiger partial charge on any atom is -0.355 e. The SMILES string of the molecule is CNC(=O)c1ccc(-c2ccc3nnc(Sc4cc5cccnc5cc4F)n3n2)cc1F. The monoisotopic (exact) mass is 448 g/mol. The average molecular weight is 448 g/mol. The van der Waals surface area contributed by atoms with Crippen LogP contribution in [-0.4, -0.2) is 37.8 Å². The molecule has 0 radical (unpaired) electrons. The molecule has 1 N–H and O–H groups in total. The van der Waals surface area contributed by atoms with Crippen molar-refractivity contribution in [2.45, 2.75) is 10.1 Å². The van der Waals surface area contributed by atoms with Crippen molar-refractivity contribution in [1.82, 2.24) is 30.1 Å². The molecule has 0 unspecified atom stereocenters. The molecule has 158 valence electrons. The summed E-state index contributed by atoms with van der Waals surface area (Å²) in [6.07, 6.45) is 1.61. The summed E-state index contributed by atoms with van der Waals surface area (Å²) in [5.41, 5.74) is 1.89. The van der Waals surface area contributed by atoms with Crippen LogP contribution in [0.1, 0.15) is 10.4 Å². The van der Waals surface area contributed by atoms with Crippen molar-refractivity contribution in [2.24, 2.45) is 0 Å². The highest BCUT2D eigenvalue weighted by atomic mass is 32.2. The molecule has 3 aromatic heterocycles. The number of hydrogen-bond acceptors (Lipinski definition) is 6. The van der Waals surface area contributed by atoms with Crippen LogP contribution in [0.2, 0.25) is 0 Å². The quantitative estimate of drug-likeness (QED) is 0.445. The number of carbonyl (C=O) groups is 1. The molecule has 5 rings (SSSR count). The van der Waals surface area contributed by atoms with Gasteiger partial charge in [0.05, 0.1) is 21.7 Å². The Balaban J connectivity index is 1.53. The molecule has 0 saturated heterocycles. The van der Waals surface area contributed by atoms with Crippen molar-refractivity contribution in [2.75, 3.05) is 7.05 Å². The molecule has 0 atom stereocenters. The summed E-state index contributed by atoms with van der Waals surface area (Å²) in [6, 6.07) is 14.3. The van der Waals surface area contributed by atoms with Gasteiger partial charge in [-0.3, -0.25) is 9.78 Å². The standard InChI is InChI=1S/C22H14F2N6OS/c1-25-21(31)14-5-4-13(9-15(14)23)17-6-7-20-27-28-22(30(20)29-17)32-19-10-12-3-2-8-26-18(12)11-16(19)24/h2-11H,1H3,(H,25,31). The summed E-state index contributed by atoms with van der Waals surface area (Å²) in [7, 11) is 1.44. The predicted molar refractivity (Wildman–Crippen MR) is 115 cm³/mol. The van der Waals surface area contributed by atoms with Crippen LogP contribution in [0.25, 0.3) is 27.8 Å². The van der Waals surface area contributed by atoms with Crippen LogP contribution in [0.5, 0.6) is 0 Å². The van der Waals surface area contributed by atoms with Crippen molar-refractivity contribution in [3.8, 4) is 11.3 Å². The van der Waals surface area contributed by atoms with Gasteiger partial charge in [-0.15, -0.1) is 10.2 Å². The molecule has 0 aliphatic carbocycles. The minimum absolute atomic E-state index is 0.0564. The van der Waals surface area contributed by atoms with Gasteiger partial charge < -0.3 is 5.32 Å². The summed E-state index contributed by atoms with van der Waals surface area (Å²) >= 11 is 1.08. The van der Waals surface area contributed by atoms with Gasteiger partial charge in [0, 0.05) is 30.3 Å². The lowest BCUT2D eigenvalue weighted by atomic mass is 10.1. The first-order valence-corrected chi connectivity index (χ1v) is 10.3. The van der Waals surface area contributed by atoms with E-state index in [9.17, 15) is 13.6 Å². The van der Waals surface area contributed by atoms with Crippen LogP contribution in [0, 0.1) is 11.6 Å². The molecule has 0 saturated carbocycles. The Morgan fingerprint density at radius 1 is 1.03 bits per heavy atom. The summed E-state index contributed by atoms with van der Waals surface area (Å²) in [5, 5.41) is 16.2. The summed E-state index contributed by atoms with van der Waals surface area (Å²) in [5.74, 6) is -1.60. The number of benzene rings is 2. The molecule has 1 amide bonds. The van der Waals surface area contributed by atoms with Gasteiger partial charge in [0.1, 0.15) is 11.6 Å². The molecule has 0 bridgehead atoms. The number of halogens is 2. The van der Waals surface area contributed by atoms with Crippen molar-refractivity contribution in [1.29, 1.82) is 0 Å². The molecule has 7 nitrogen and oxygen atoms in total. The van der Waals surface area contributed by atoms with Crippen LogP contribution >= 0.6 is 11.8 Å². The number of hydrogen-bond donors (Lipinski definition) is 1. The van der Waals surface area contributed by atoms with Gasteiger partial charge in [0.15, 0.2) is 5.65 Å². The van der Waals surface area contributed by atoms with Crippen LogP contribution in [0.3, 0.4) is 0 Å². The van der Waals surface area contributed by atoms with Crippen LogP contribution in [-0.2, 0) is 0 Å². The van der Waals surface area contributed by atoms with Gasteiger partial charge in [-0.25, -0.2) is 8.78 Å². The molecular weight excluding hydrogens is 434 g/mol. The molecule has 0 aliphatic heterocycles. The maximum Gasteiger partial charge on any atom is 0.253 e. The number of nitrogens with zero attached hydrogens (tertiary/aromatic N) is 5. The van der Waals surface area contributed by atoms with E-state index in [1.54, 1.807) is 36.5 Å². The number of fused-ring (bicyclic) bond motifs is 2. The zero-order valence-electron chi connectivity index (χ0n) is 16.6. The molecule has 32 heavy (non-hydrogen) atoms. The Morgan fingerprint density at radius 2 is 1.91 bits per heavy atom. The second kappa shape index (κ2) is 7.97. The van der Waals surface area contributed by atoms with E-state index in [1.165, 1.54) is 29.8 Å². The maximum atomic E-state index is 14.6. The van der Waals surface area contributed by atoms with Gasteiger partial charge in [0.2, 0.25) is 5.16 Å². The van der Waals surface area contributed by atoms with Crippen molar-refractivity contribution < 1.29 is 13.6 Å². The Hall–Kier alpha value is -3.92. The first kappa shape index (κ1) is 20.0. The van der Waals surface area contributed by atoms with Gasteiger partial charge in [0.25, 0.3) is 5.91 Å². The fraction of sp³-hybridized carbons (Fsp3) is 0.0455. The molecular formula is C22H14F2N6OS. The highest BCUT2D eigenvalue weighted by molar-refractivity contribution is 7.99. The topological polar surface area (TPSA) is 85.1 Å². The lowest BCUT2D eigenvalue weighted by molar-refractivity contribution is 0.0959. The Kier molecular flexibility index (Phi) is 4.98. The molecule has 2 aromatic carbocycles. The van der Waals surface area contributed by atoms with E-state index >= 15 is 0 Å². The third-order valence-electron chi connectivity index (χ3n) is 4.83. The maximum absolute atomic E-state index is 14.6. The Labute approximate surface area is 184 Å².